The van der Waals surface area contributed by atoms with Gasteiger partial charge in [-0.15, -0.1) is 0 Å². The number of nitriles is 1. The Balaban J connectivity index is 2.62. The predicted molar refractivity (Wildman–Crippen MR) is 79.0 cm³/mol. The SMILES string of the molecule is CCC(C(=O)OCc1ccccc1)S(=O)(=O)CCCC#N. The molecule has 1 rings (SSSR count). The van der Waals surface area contributed by atoms with E-state index in [2.05, 4.69) is 0 Å². The van der Waals surface area contributed by atoms with Crippen LogP contribution in [0.3, 0.4) is 0 Å². The Morgan fingerprint density at radius 2 is 2.00 bits per heavy atom. The molecule has 1 aromatic carbocycles. The number of ether oxygens (including phenoxy) is 1. The van der Waals surface area contributed by atoms with Crippen LogP contribution < -0.4 is 0 Å². The van der Waals surface area contributed by atoms with Crippen LogP contribution in [0.15, 0.2) is 30.3 Å². The molecule has 0 saturated heterocycles. The molecule has 0 saturated carbocycles. The number of carbonyl (C=O) groups is 1. The first-order valence-electron chi connectivity index (χ1n) is 6.80. The van der Waals surface area contributed by atoms with E-state index in [1.54, 1.807) is 19.1 Å². The van der Waals surface area contributed by atoms with Crippen LogP contribution in [-0.4, -0.2) is 25.4 Å². The van der Waals surface area contributed by atoms with E-state index >= 15 is 0 Å². The van der Waals surface area contributed by atoms with Gasteiger partial charge in [-0.2, -0.15) is 5.26 Å². The minimum absolute atomic E-state index is 0.0594. The standard InChI is InChI=1S/C15H19NO4S/c1-2-14(21(18,19)11-7-6-10-16)15(17)20-12-13-8-4-3-5-9-13/h3-5,8-9,14H,2,6-7,11-12H2,1H3. The van der Waals surface area contributed by atoms with E-state index in [0.717, 1.165) is 5.56 Å². The number of benzene rings is 1. The maximum Gasteiger partial charge on any atom is 0.324 e. The van der Waals surface area contributed by atoms with Crippen molar-refractivity contribution in [2.75, 3.05) is 5.75 Å². The average molecular weight is 309 g/mol. The highest BCUT2D eigenvalue weighted by Gasteiger charge is 2.31. The molecule has 21 heavy (non-hydrogen) atoms. The fraction of sp³-hybridized carbons (Fsp3) is 0.467. The third-order valence-electron chi connectivity index (χ3n) is 3.01. The Kier molecular flexibility index (Phi) is 6.89. The van der Waals surface area contributed by atoms with Gasteiger partial charge >= 0.3 is 5.97 Å². The maximum atomic E-state index is 12.1. The average Bonchev–Trinajstić information content (AvgIpc) is 2.47. The van der Waals surface area contributed by atoms with E-state index in [1.165, 1.54) is 0 Å². The maximum absolute atomic E-state index is 12.1. The Morgan fingerprint density at radius 3 is 2.57 bits per heavy atom. The van der Waals surface area contributed by atoms with Crippen LogP contribution in [0.2, 0.25) is 0 Å². The van der Waals surface area contributed by atoms with Crippen molar-refractivity contribution in [1.82, 2.24) is 0 Å². The van der Waals surface area contributed by atoms with E-state index in [0.29, 0.717) is 0 Å². The Morgan fingerprint density at radius 1 is 1.33 bits per heavy atom. The topological polar surface area (TPSA) is 84.2 Å². The highest BCUT2D eigenvalue weighted by atomic mass is 32.2. The first-order valence-corrected chi connectivity index (χ1v) is 8.52. The monoisotopic (exact) mass is 309 g/mol. The van der Waals surface area contributed by atoms with Gasteiger partial charge in [0.15, 0.2) is 15.1 Å². The number of carbonyl (C=O) groups excluding carboxylic acids is 1. The normalized spacial score (nSPS) is 12.4. The lowest BCUT2D eigenvalue weighted by molar-refractivity contribution is -0.144. The Hall–Kier alpha value is -1.87. The number of hydrogen-bond acceptors (Lipinski definition) is 5. The van der Waals surface area contributed by atoms with Crippen LogP contribution in [0.5, 0.6) is 0 Å². The summed E-state index contributed by atoms with van der Waals surface area (Å²) in [6, 6.07) is 11.0. The molecule has 1 atom stereocenters. The summed E-state index contributed by atoms with van der Waals surface area (Å²) < 4.78 is 29.2. The lowest BCUT2D eigenvalue weighted by Crippen LogP contribution is -2.33. The molecular weight excluding hydrogens is 290 g/mol. The van der Waals surface area contributed by atoms with Gasteiger partial charge in [0.1, 0.15) is 6.61 Å². The molecule has 0 aliphatic carbocycles. The lowest BCUT2D eigenvalue weighted by atomic mass is 10.2. The van der Waals surface area contributed by atoms with E-state index < -0.39 is 21.1 Å². The molecular formula is C15H19NO4S. The van der Waals surface area contributed by atoms with E-state index in [-0.39, 0.29) is 31.6 Å². The van der Waals surface area contributed by atoms with Gasteiger partial charge in [-0.1, -0.05) is 37.3 Å². The minimum atomic E-state index is -3.57. The summed E-state index contributed by atoms with van der Waals surface area (Å²) in [5.41, 5.74) is 0.808. The van der Waals surface area contributed by atoms with Gasteiger partial charge < -0.3 is 4.74 Å². The van der Waals surface area contributed by atoms with Crippen LogP contribution in [0.25, 0.3) is 0 Å². The van der Waals surface area contributed by atoms with Crippen LogP contribution >= 0.6 is 0 Å². The molecule has 0 amide bonds. The molecule has 114 valence electrons. The zero-order valence-corrected chi connectivity index (χ0v) is 12.8. The molecule has 0 aliphatic heterocycles. The summed E-state index contributed by atoms with van der Waals surface area (Å²) in [6.45, 7) is 1.69. The number of hydrogen-bond donors (Lipinski definition) is 0. The van der Waals surface area contributed by atoms with Crippen LogP contribution in [-0.2, 0) is 26.0 Å². The smallest absolute Gasteiger partial charge is 0.324 e. The van der Waals surface area contributed by atoms with Crippen molar-refractivity contribution in [1.29, 1.82) is 5.26 Å². The van der Waals surface area contributed by atoms with Crippen LogP contribution in [0.1, 0.15) is 31.7 Å². The summed E-state index contributed by atoms with van der Waals surface area (Å²) in [4.78, 5) is 12.0. The largest absolute Gasteiger partial charge is 0.460 e. The molecule has 6 heteroatoms. The van der Waals surface area contributed by atoms with Gasteiger partial charge in [-0.05, 0) is 18.4 Å². The summed E-state index contributed by atoms with van der Waals surface area (Å²) in [5.74, 6) is -0.891. The van der Waals surface area contributed by atoms with E-state index in [4.69, 9.17) is 10.00 Å². The van der Waals surface area contributed by atoms with Crippen molar-refractivity contribution >= 4 is 15.8 Å². The highest BCUT2D eigenvalue weighted by Crippen LogP contribution is 2.13. The van der Waals surface area contributed by atoms with Gasteiger partial charge in [0.25, 0.3) is 0 Å². The van der Waals surface area contributed by atoms with E-state index in [9.17, 15) is 13.2 Å². The molecule has 0 N–H and O–H groups in total. The molecule has 1 unspecified atom stereocenters. The summed E-state index contributed by atoms with van der Waals surface area (Å²) in [7, 11) is -3.57. The Bertz CT molecular complexity index is 590. The first-order chi connectivity index (χ1) is 10.0. The van der Waals surface area contributed by atoms with Crippen molar-refractivity contribution in [2.24, 2.45) is 0 Å². The molecule has 1 aromatic rings. The van der Waals surface area contributed by atoms with Gasteiger partial charge in [-0.3, -0.25) is 4.79 Å². The molecule has 0 fully saturated rings. The lowest BCUT2D eigenvalue weighted by Gasteiger charge is -2.14. The quantitative estimate of drug-likeness (QED) is 0.543. The second-order valence-corrected chi connectivity index (χ2v) is 6.92. The molecule has 0 spiro atoms. The molecule has 5 nitrogen and oxygen atoms in total. The van der Waals surface area contributed by atoms with Crippen LogP contribution in [0, 0.1) is 11.3 Å². The van der Waals surface area contributed by atoms with Crippen molar-refractivity contribution in [3.8, 4) is 6.07 Å². The number of unbranched alkanes of at least 4 members (excludes halogenated alkanes) is 1. The minimum Gasteiger partial charge on any atom is -0.460 e. The summed E-state index contributed by atoms with van der Waals surface area (Å²) >= 11 is 0. The fourth-order valence-corrected chi connectivity index (χ4v) is 3.58. The van der Waals surface area contributed by atoms with Crippen molar-refractivity contribution in [2.45, 2.75) is 38.0 Å². The van der Waals surface area contributed by atoms with Crippen molar-refractivity contribution in [3.63, 3.8) is 0 Å². The molecule has 0 bridgehead atoms. The number of esters is 1. The first kappa shape index (κ1) is 17.2. The fourth-order valence-electron chi connectivity index (χ4n) is 1.88. The third-order valence-corrected chi connectivity index (χ3v) is 5.26. The summed E-state index contributed by atoms with van der Waals surface area (Å²) in [6.07, 6.45) is 0.568. The molecule has 0 heterocycles. The molecule has 0 aliphatic rings. The van der Waals surface area contributed by atoms with Crippen LogP contribution in [0.4, 0.5) is 0 Å². The molecule has 0 radical (unpaired) electrons. The zero-order chi connectivity index (χ0) is 15.7. The van der Waals surface area contributed by atoms with Gasteiger partial charge in [0.05, 0.1) is 11.8 Å². The number of rotatable bonds is 8. The number of sulfone groups is 1. The van der Waals surface area contributed by atoms with Gasteiger partial charge in [0.2, 0.25) is 0 Å². The van der Waals surface area contributed by atoms with Gasteiger partial charge in [0, 0.05) is 6.42 Å². The number of nitrogens with zero attached hydrogens (tertiary/aromatic N) is 1. The predicted octanol–water partition coefficient (Wildman–Crippen LogP) is 2.23. The van der Waals surface area contributed by atoms with E-state index in [1.807, 2.05) is 24.3 Å². The highest BCUT2D eigenvalue weighted by molar-refractivity contribution is 7.92. The van der Waals surface area contributed by atoms with Crippen molar-refractivity contribution < 1.29 is 17.9 Å². The summed E-state index contributed by atoms with van der Waals surface area (Å²) in [5, 5.41) is 7.29. The Labute approximate surface area is 125 Å². The third kappa shape index (κ3) is 5.56. The second kappa shape index (κ2) is 8.42. The second-order valence-electron chi connectivity index (χ2n) is 4.62. The zero-order valence-electron chi connectivity index (χ0n) is 12.0. The van der Waals surface area contributed by atoms with Gasteiger partial charge in [-0.25, -0.2) is 8.42 Å². The van der Waals surface area contributed by atoms with Crippen molar-refractivity contribution in [3.05, 3.63) is 35.9 Å². The molecule has 0 aromatic heterocycles.